The first-order chi connectivity index (χ1) is 13.0. The lowest BCUT2D eigenvalue weighted by Crippen LogP contribution is -2.44. The van der Waals surface area contributed by atoms with Gasteiger partial charge in [-0.1, -0.05) is 0 Å². The van der Waals surface area contributed by atoms with Crippen LogP contribution in [0.5, 0.6) is 5.75 Å². The number of rotatable bonds is 4. The molecule has 1 aliphatic rings. The Kier molecular flexibility index (Phi) is 6.48. The number of piperidine rings is 1. The van der Waals surface area contributed by atoms with Crippen LogP contribution in [0.3, 0.4) is 0 Å². The number of nitro benzene ring substituents is 1. The number of ether oxygens (including phenoxy) is 3. The molecule has 1 aliphatic heterocycles. The van der Waals surface area contributed by atoms with Crippen LogP contribution < -0.4 is 4.74 Å². The molecule has 1 fully saturated rings. The Balaban J connectivity index is 2.10. The summed E-state index contributed by atoms with van der Waals surface area (Å²) in [7, 11) is 1.21. The number of carbonyl (C=O) groups excluding carboxylic acids is 2. The standard InChI is InChI=1S/C19H26N2O7/c1-12-10-16(14(17(22)26-5)11-15(12)21(24)25)27-13-6-8-20(9-7-13)18(23)28-19(2,3)4/h10-11,13H,6-9H2,1-5H3. The summed E-state index contributed by atoms with van der Waals surface area (Å²) in [6, 6.07) is 2.65. The van der Waals surface area contributed by atoms with Gasteiger partial charge in [0.25, 0.3) is 5.69 Å². The Morgan fingerprint density at radius 3 is 2.32 bits per heavy atom. The molecule has 9 heteroatoms. The molecule has 2 rings (SSSR count). The van der Waals surface area contributed by atoms with Crippen LogP contribution in [-0.4, -0.2) is 53.8 Å². The number of methoxy groups -OCH3 is 1. The molecule has 0 N–H and O–H groups in total. The second kappa shape index (κ2) is 8.45. The van der Waals surface area contributed by atoms with E-state index in [1.54, 1.807) is 11.8 Å². The maximum absolute atomic E-state index is 12.1. The van der Waals surface area contributed by atoms with Gasteiger partial charge < -0.3 is 19.1 Å². The van der Waals surface area contributed by atoms with E-state index in [9.17, 15) is 19.7 Å². The molecule has 0 spiro atoms. The first kappa shape index (κ1) is 21.5. The van der Waals surface area contributed by atoms with E-state index >= 15 is 0 Å². The largest absolute Gasteiger partial charge is 0.489 e. The molecular formula is C19H26N2O7. The molecule has 1 aromatic rings. The molecule has 0 bridgehead atoms. The minimum atomic E-state index is -0.704. The van der Waals surface area contributed by atoms with Crippen LogP contribution in [-0.2, 0) is 9.47 Å². The normalized spacial score (nSPS) is 15.1. The first-order valence-corrected chi connectivity index (χ1v) is 9.03. The number of likely N-dealkylation sites (tertiary alicyclic amines) is 1. The van der Waals surface area contributed by atoms with E-state index in [-0.39, 0.29) is 29.2 Å². The van der Waals surface area contributed by atoms with Crippen molar-refractivity contribution < 1.29 is 28.7 Å². The van der Waals surface area contributed by atoms with Crippen molar-refractivity contribution in [1.29, 1.82) is 0 Å². The lowest BCUT2D eigenvalue weighted by atomic mass is 10.1. The number of hydrogen-bond donors (Lipinski definition) is 0. The lowest BCUT2D eigenvalue weighted by Gasteiger charge is -2.33. The van der Waals surface area contributed by atoms with Gasteiger partial charge in [-0.05, 0) is 33.8 Å². The number of aryl methyl sites for hydroxylation is 1. The summed E-state index contributed by atoms with van der Waals surface area (Å²) in [5, 5.41) is 11.1. The van der Waals surface area contributed by atoms with Crippen molar-refractivity contribution in [2.75, 3.05) is 20.2 Å². The van der Waals surface area contributed by atoms with Gasteiger partial charge in [0, 0.05) is 37.6 Å². The number of carbonyl (C=O) groups is 2. The van der Waals surface area contributed by atoms with Gasteiger partial charge in [0.15, 0.2) is 0 Å². The van der Waals surface area contributed by atoms with Gasteiger partial charge in [-0.3, -0.25) is 10.1 Å². The SMILES string of the molecule is COC(=O)c1cc([N+](=O)[O-])c(C)cc1OC1CCN(C(=O)OC(C)(C)C)CC1. The average Bonchev–Trinajstić information content (AvgIpc) is 2.60. The molecule has 1 amide bonds. The van der Waals surface area contributed by atoms with Crippen LogP contribution in [0.4, 0.5) is 10.5 Å². The van der Waals surface area contributed by atoms with Gasteiger partial charge in [0.1, 0.15) is 23.0 Å². The monoisotopic (exact) mass is 394 g/mol. The van der Waals surface area contributed by atoms with Gasteiger partial charge >= 0.3 is 12.1 Å². The summed E-state index contributed by atoms with van der Waals surface area (Å²) in [6.45, 7) is 7.93. The van der Waals surface area contributed by atoms with Crippen LogP contribution in [0.2, 0.25) is 0 Å². The van der Waals surface area contributed by atoms with Crippen molar-refractivity contribution in [3.05, 3.63) is 33.4 Å². The summed E-state index contributed by atoms with van der Waals surface area (Å²) in [6.07, 6.45) is 0.501. The van der Waals surface area contributed by atoms with E-state index < -0.39 is 16.5 Å². The predicted molar refractivity (Wildman–Crippen MR) is 101 cm³/mol. The number of esters is 1. The second-order valence-electron chi connectivity index (χ2n) is 7.67. The van der Waals surface area contributed by atoms with Crippen LogP contribution in [0.25, 0.3) is 0 Å². The topological polar surface area (TPSA) is 108 Å². The van der Waals surface area contributed by atoms with Crippen LogP contribution in [0.15, 0.2) is 12.1 Å². The molecule has 0 aliphatic carbocycles. The molecule has 0 aromatic heterocycles. The molecule has 1 saturated heterocycles. The molecule has 1 heterocycles. The van der Waals surface area contributed by atoms with Crippen molar-refractivity contribution >= 4 is 17.7 Å². The maximum atomic E-state index is 12.1. The number of nitrogens with zero attached hydrogens (tertiary/aromatic N) is 2. The van der Waals surface area contributed by atoms with Crippen molar-refractivity contribution in [2.24, 2.45) is 0 Å². The fourth-order valence-electron chi connectivity index (χ4n) is 2.90. The summed E-state index contributed by atoms with van der Waals surface area (Å²) in [5.41, 5.74) is -0.337. The number of amides is 1. The Bertz CT molecular complexity index is 762. The highest BCUT2D eigenvalue weighted by Gasteiger charge is 2.29. The van der Waals surface area contributed by atoms with Gasteiger partial charge in [0.05, 0.1) is 12.0 Å². The van der Waals surface area contributed by atoms with E-state index in [1.807, 2.05) is 20.8 Å². The third-order valence-corrected chi connectivity index (χ3v) is 4.29. The molecule has 28 heavy (non-hydrogen) atoms. The molecule has 0 unspecified atom stereocenters. The predicted octanol–water partition coefficient (Wildman–Crippen LogP) is 3.47. The molecule has 9 nitrogen and oxygen atoms in total. The zero-order valence-electron chi connectivity index (χ0n) is 16.8. The van der Waals surface area contributed by atoms with E-state index in [1.165, 1.54) is 19.2 Å². The van der Waals surface area contributed by atoms with Crippen molar-refractivity contribution in [3.8, 4) is 5.75 Å². The van der Waals surface area contributed by atoms with Gasteiger partial charge in [0.2, 0.25) is 0 Å². The molecule has 154 valence electrons. The minimum absolute atomic E-state index is 0.00868. The molecule has 0 saturated carbocycles. The fourth-order valence-corrected chi connectivity index (χ4v) is 2.90. The quantitative estimate of drug-likeness (QED) is 0.437. The smallest absolute Gasteiger partial charge is 0.410 e. The zero-order valence-corrected chi connectivity index (χ0v) is 16.8. The molecule has 0 radical (unpaired) electrons. The maximum Gasteiger partial charge on any atom is 0.410 e. The molecular weight excluding hydrogens is 368 g/mol. The third kappa shape index (κ3) is 5.34. The Morgan fingerprint density at radius 1 is 1.21 bits per heavy atom. The fraction of sp³-hybridized carbons (Fsp3) is 0.579. The van der Waals surface area contributed by atoms with E-state index in [0.29, 0.717) is 31.5 Å². The number of nitro groups is 1. The molecule has 1 aromatic carbocycles. The zero-order chi connectivity index (χ0) is 21.1. The van der Waals surface area contributed by atoms with Gasteiger partial charge in [-0.2, -0.15) is 0 Å². The number of hydrogen-bond acceptors (Lipinski definition) is 7. The van der Waals surface area contributed by atoms with E-state index in [4.69, 9.17) is 14.2 Å². The van der Waals surface area contributed by atoms with Gasteiger partial charge in [-0.25, -0.2) is 9.59 Å². The van der Waals surface area contributed by atoms with Crippen molar-refractivity contribution in [2.45, 2.75) is 52.2 Å². The van der Waals surface area contributed by atoms with Crippen LogP contribution in [0, 0.1) is 17.0 Å². The summed E-state index contributed by atoms with van der Waals surface area (Å²) in [4.78, 5) is 36.4. The first-order valence-electron chi connectivity index (χ1n) is 9.03. The average molecular weight is 394 g/mol. The second-order valence-corrected chi connectivity index (χ2v) is 7.67. The highest BCUT2D eigenvalue weighted by atomic mass is 16.6. The summed E-state index contributed by atoms with van der Waals surface area (Å²) in [5.74, 6) is -0.463. The Labute approximate surface area is 163 Å². The number of benzene rings is 1. The lowest BCUT2D eigenvalue weighted by molar-refractivity contribution is -0.385. The van der Waals surface area contributed by atoms with Crippen molar-refractivity contribution in [3.63, 3.8) is 0 Å². The Morgan fingerprint density at radius 2 is 1.82 bits per heavy atom. The Hall–Kier alpha value is -2.84. The van der Waals surface area contributed by atoms with Crippen LogP contribution in [0.1, 0.15) is 49.5 Å². The van der Waals surface area contributed by atoms with Crippen LogP contribution >= 0.6 is 0 Å². The summed E-state index contributed by atoms with van der Waals surface area (Å²) >= 11 is 0. The van der Waals surface area contributed by atoms with E-state index in [2.05, 4.69) is 0 Å². The minimum Gasteiger partial charge on any atom is -0.489 e. The molecule has 0 atom stereocenters. The highest BCUT2D eigenvalue weighted by molar-refractivity contribution is 5.93. The van der Waals surface area contributed by atoms with E-state index in [0.717, 1.165) is 0 Å². The van der Waals surface area contributed by atoms with Gasteiger partial charge in [-0.15, -0.1) is 0 Å². The third-order valence-electron chi connectivity index (χ3n) is 4.29. The summed E-state index contributed by atoms with van der Waals surface area (Å²) < 4.78 is 16.0. The van der Waals surface area contributed by atoms with Crippen molar-refractivity contribution in [1.82, 2.24) is 4.90 Å². The highest BCUT2D eigenvalue weighted by Crippen LogP contribution is 2.31.